The second-order valence-corrected chi connectivity index (χ2v) is 8.94. The summed E-state index contributed by atoms with van der Waals surface area (Å²) in [5.41, 5.74) is 1.44. The average Bonchev–Trinajstić information content (AvgIpc) is 3.11. The molecule has 0 aliphatic carbocycles. The van der Waals surface area contributed by atoms with Crippen LogP contribution in [0.5, 0.6) is 5.75 Å². The molecule has 160 valence electrons. The second kappa shape index (κ2) is 9.17. The normalized spacial score (nSPS) is 14.9. The molecule has 30 heavy (non-hydrogen) atoms. The quantitative estimate of drug-likeness (QED) is 0.622. The van der Waals surface area contributed by atoms with Crippen molar-refractivity contribution in [1.82, 2.24) is 4.90 Å². The lowest BCUT2D eigenvalue weighted by Crippen LogP contribution is -2.31. The number of ether oxygens (including phenoxy) is 2. The summed E-state index contributed by atoms with van der Waals surface area (Å²) in [4.78, 5) is 26.2. The summed E-state index contributed by atoms with van der Waals surface area (Å²) in [5, 5.41) is 0. The summed E-state index contributed by atoms with van der Waals surface area (Å²) in [5.74, 6) is -0.294. The van der Waals surface area contributed by atoms with Crippen LogP contribution in [0, 0.1) is 0 Å². The number of benzene rings is 2. The maximum atomic E-state index is 12.4. The number of hydrogen-bond donors (Lipinski definition) is 0. The first-order valence-corrected chi connectivity index (χ1v) is 11.1. The third-order valence-corrected chi connectivity index (χ3v) is 6.69. The predicted octanol–water partition coefficient (Wildman–Crippen LogP) is 2.05. The molecule has 9 heteroatoms. The lowest BCUT2D eigenvalue weighted by molar-refractivity contribution is -0.133. The molecule has 0 aromatic heterocycles. The highest BCUT2D eigenvalue weighted by molar-refractivity contribution is 7.93. The number of amides is 1. The zero-order valence-corrected chi connectivity index (χ0v) is 17.7. The molecule has 0 bridgehead atoms. The number of likely N-dealkylation sites (N-methyl/N-ethyl adjacent to an activating group) is 1. The maximum Gasteiger partial charge on any atom is 0.338 e. The van der Waals surface area contributed by atoms with Crippen molar-refractivity contribution in [3.05, 3.63) is 59.7 Å². The maximum absolute atomic E-state index is 12.4. The minimum atomic E-state index is -3.34. The summed E-state index contributed by atoms with van der Waals surface area (Å²) in [6.07, 6.45) is 0.546. The van der Waals surface area contributed by atoms with Crippen molar-refractivity contribution in [3.63, 3.8) is 0 Å². The van der Waals surface area contributed by atoms with E-state index in [4.69, 9.17) is 9.47 Å². The first kappa shape index (κ1) is 21.6. The Labute approximate surface area is 176 Å². The molecule has 1 aliphatic rings. The van der Waals surface area contributed by atoms with Crippen molar-refractivity contribution in [2.75, 3.05) is 37.4 Å². The van der Waals surface area contributed by atoms with Crippen LogP contribution in [0.4, 0.5) is 5.69 Å². The van der Waals surface area contributed by atoms with Crippen molar-refractivity contribution in [2.45, 2.75) is 13.0 Å². The van der Waals surface area contributed by atoms with Gasteiger partial charge in [-0.15, -0.1) is 0 Å². The largest absolute Gasteiger partial charge is 0.496 e. The van der Waals surface area contributed by atoms with E-state index >= 15 is 0 Å². The third kappa shape index (κ3) is 4.91. The van der Waals surface area contributed by atoms with Gasteiger partial charge in [0.25, 0.3) is 5.91 Å². The number of hydrogen-bond acceptors (Lipinski definition) is 6. The lowest BCUT2D eigenvalue weighted by Gasteiger charge is -2.19. The topological polar surface area (TPSA) is 93.2 Å². The van der Waals surface area contributed by atoms with E-state index in [0.717, 1.165) is 5.56 Å². The van der Waals surface area contributed by atoms with Crippen LogP contribution in [0.1, 0.15) is 22.3 Å². The van der Waals surface area contributed by atoms with Gasteiger partial charge in [0.2, 0.25) is 10.0 Å². The second-order valence-electron chi connectivity index (χ2n) is 6.93. The highest BCUT2D eigenvalue weighted by Crippen LogP contribution is 2.25. The van der Waals surface area contributed by atoms with Gasteiger partial charge in [0.1, 0.15) is 5.75 Å². The van der Waals surface area contributed by atoms with Crippen molar-refractivity contribution >= 4 is 27.6 Å². The molecule has 0 saturated carbocycles. The molecule has 2 aromatic rings. The number of esters is 1. The van der Waals surface area contributed by atoms with E-state index in [1.165, 1.54) is 21.3 Å². The van der Waals surface area contributed by atoms with Crippen molar-refractivity contribution in [3.8, 4) is 5.75 Å². The van der Waals surface area contributed by atoms with Gasteiger partial charge in [-0.05, 0) is 30.7 Å². The molecule has 3 rings (SSSR count). The number of carbonyl (C=O) groups excluding carboxylic acids is 2. The fourth-order valence-corrected chi connectivity index (χ4v) is 4.77. The number of anilines is 1. The Kier molecular flexibility index (Phi) is 6.61. The van der Waals surface area contributed by atoms with Gasteiger partial charge in [-0.2, -0.15) is 0 Å². The molecule has 1 heterocycles. The van der Waals surface area contributed by atoms with E-state index < -0.39 is 22.6 Å². The highest BCUT2D eigenvalue weighted by atomic mass is 32.2. The Morgan fingerprint density at radius 3 is 2.60 bits per heavy atom. The fourth-order valence-electron chi connectivity index (χ4n) is 3.22. The molecule has 8 nitrogen and oxygen atoms in total. The van der Waals surface area contributed by atoms with E-state index in [9.17, 15) is 18.0 Å². The zero-order chi connectivity index (χ0) is 21.7. The van der Waals surface area contributed by atoms with Crippen molar-refractivity contribution in [2.24, 2.45) is 0 Å². The SMILES string of the molecule is COc1ccccc1CN(C)C(=O)COC(=O)c1cccc(N2CCCS2(=O)=O)c1. The van der Waals surface area contributed by atoms with Gasteiger partial charge >= 0.3 is 5.97 Å². The molecule has 0 atom stereocenters. The lowest BCUT2D eigenvalue weighted by atomic mass is 10.2. The number of para-hydroxylation sites is 1. The van der Waals surface area contributed by atoms with Crippen molar-refractivity contribution < 1.29 is 27.5 Å². The Hall–Kier alpha value is -3.07. The Morgan fingerprint density at radius 1 is 1.13 bits per heavy atom. The third-order valence-electron chi connectivity index (χ3n) is 4.82. The zero-order valence-electron chi connectivity index (χ0n) is 16.9. The standard InChI is InChI=1S/C21H24N2O6S/c1-22(14-17-7-3-4-10-19(17)28-2)20(24)15-29-21(25)16-8-5-9-18(13-16)23-11-6-12-30(23,26)27/h3-5,7-10,13H,6,11-12,14-15H2,1-2H3. The molecule has 0 spiro atoms. The Morgan fingerprint density at radius 2 is 1.90 bits per heavy atom. The Bertz CT molecular complexity index is 1040. The molecular formula is C21H24N2O6S. The van der Waals surface area contributed by atoms with Crippen LogP contribution in [0.2, 0.25) is 0 Å². The number of nitrogens with zero attached hydrogens (tertiary/aromatic N) is 2. The first-order valence-electron chi connectivity index (χ1n) is 9.45. The van der Waals surface area contributed by atoms with Crippen LogP contribution in [0.3, 0.4) is 0 Å². The molecule has 1 saturated heterocycles. The van der Waals surface area contributed by atoms with E-state index in [-0.39, 0.29) is 17.2 Å². The highest BCUT2D eigenvalue weighted by Gasteiger charge is 2.28. The summed E-state index contributed by atoms with van der Waals surface area (Å²) in [7, 11) is -0.173. The molecule has 1 aliphatic heterocycles. The monoisotopic (exact) mass is 432 g/mol. The molecule has 1 fully saturated rings. The number of carbonyl (C=O) groups is 2. The molecule has 2 aromatic carbocycles. The van der Waals surface area contributed by atoms with Gasteiger partial charge in [0, 0.05) is 25.7 Å². The van der Waals surface area contributed by atoms with E-state index in [1.807, 2.05) is 18.2 Å². The minimum absolute atomic E-state index is 0.0920. The molecule has 0 N–H and O–H groups in total. The van der Waals surface area contributed by atoms with E-state index in [1.54, 1.807) is 32.4 Å². The van der Waals surface area contributed by atoms with Crippen LogP contribution in [0.25, 0.3) is 0 Å². The van der Waals surface area contributed by atoms with Gasteiger partial charge in [-0.25, -0.2) is 13.2 Å². The van der Waals surface area contributed by atoms with Crippen LogP contribution < -0.4 is 9.04 Å². The van der Waals surface area contributed by atoms with Crippen molar-refractivity contribution in [1.29, 1.82) is 0 Å². The van der Waals surface area contributed by atoms with Gasteiger partial charge in [-0.1, -0.05) is 24.3 Å². The molecule has 1 amide bonds. The average molecular weight is 432 g/mol. The number of rotatable bonds is 7. The van der Waals surface area contributed by atoms with Crippen LogP contribution in [-0.2, 0) is 26.1 Å². The summed E-state index contributed by atoms with van der Waals surface area (Å²) < 4.78 is 35.9. The smallest absolute Gasteiger partial charge is 0.338 e. The van der Waals surface area contributed by atoms with Crippen LogP contribution in [-0.4, -0.2) is 58.3 Å². The fraction of sp³-hybridized carbons (Fsp3) is 0.333. The summed E-state index contributed by atoms with van der Waals surface area (Å²) in [6.45, 7) is 0.270. The first-order chi connectivity index (χ1) is 14.3. The summed E-state index contributed by atoms with van der Waals surface area (Å²) in [6, 6.07) is 13.6. The summed E-state index contributed by atoms with van der Waals surface area (Å²) >= 11 is 0. The van der Waals surface area contributed by atoms with Gasteiger partial charge < -0.3 is 14.4 Å². The number of sulfonamides is 1. The van der Waals surface area contributed by atoms with Gasteiger partial charge in [0.15, 0.2) is 6.61 Å². The molecular weight excluding hydrogens is 408 g/mol. The Balaban J connectivity index is 1.60. The van der Waals surface area contributed by atoms with E-state index in [2.05, 4.69) is 0 Å². The molecule has 0 unspecified atom stereocenters. The number of methoxy groups -OCH3 is 1. The predicted molar refractivity (Wildman–Crippen MR) is 112 cm³/mol. The minimum Gasteiger partial charge on any atom is -0.496 e. The van der Waals surface area contributed by atoms with Crippen LogP contribution in [0.15, 0.2) is 48.5 Å². The van der Waals surface area contributed by atoms with Crippen LogP contribution >= 0.6 is 0 Å². The van der Waals surface area contributed by atoms with Gasteiger partial charge in [-0.3, -0.25) is 9.10 Å². The van der Waals surface area contributed by atoms with E-state index in [0.29, 0.717) is 30.9 Å². The van der Waals surface area contributed by atoms with Gasteiger partial charge in [0.05, 0.1) is 24.1 Å². The molecule has 0 radical (unpaired) electrons.